The predicted molar refractivity (Wildman–Crippen MR) is 84.9 cm³/mol. The van der Waals surface area contributed by atoms with Crippen LogP contribution in [0.15, 0.2) is 60.7 Å². The van der Waals surface area contributed by atoms with Crippen LogP contribution in [0, 0.1) is 6.92 Å². The quantitative estimate of drug-likeness (QED) is 0.768. The second-order valence-electron chi connectivity index (χ2n) is 5.23. The molecular formula is C19H16O2. The van der Waals surface area contributed by atoms with Crippen molar-refractivity contribution in [3.05, 3.63) is 82.9 Å². The molecule has 0 saturated carbocycles. The first kappa shape index (κ1) is 13.4. The highest BCUT2D eigenvalue weighted by molar-refractivity contribution is 5.91. The first-order valence-electron chi connectivity index (χ1n) is 6.95. The molecule has 0 fully saturated rings. The molecule has 0 aromatic heterocycles. The minimum atomic E-state index is -0.873. The number of carboxylic acids is 1. The molecule has 104 valence electrons. The van der Waals surface area contributed by atoms with E-state index in [-0.39, 0.29) is 0 Å². The molecule has 0 spiro atoms. The van der Waals surface area contributed by atoms with Crippen LogP contribution >= 0.6 is 0 Å². The van der Waals surface area contributed by atoms with Crippen LogP contribution in [0.1, 0.15) is 27.0 Å². The van der Waals surface area contributed by atoms with Crippen LogP contribution in [0.4, 0.5) is 0 Å². The van der Waals surface area contributed by atoms with Crippen LogP contribution in [0.3, 0.4) is 0 Å². The second kappa shape index (κ2) is 5.41. The van der Waals surface area contributed by atoms with Gasteiger partial charge in [-0.1, -0.05) is 54.6 Å². The smallest absolute Gasteiger partial charge is 0.335 e. The molecule has 3 aromatic rings. The molecule has 3 rings (SSSR count). The Morgan fingerprint density at radius 2 is 1.52 bits per heavy atom. The zero-order chi connectivity index (χ0) is 14.8. The SMILES string of the molecule is Cc1cccc2c(Cc3ccccc3C(=O)O)cccc12. The van der Waals surface area contributed by atoms with Crippen molar-refractivity contribution >= 4 is 16.7 Å². The number of aryl methyl sites for hydroxylation is 1. The van der Waals surface area contributed by atoms with E-state index in [1.54, 1.807) is 12.1 Å². The lowest BCUT2D eigenvalue weighted by Gasteiger charge is -2.10. The van der Waals surface area contributed by atoms with E-state index in [1.165, 1.54) is 16.3 Å². The fraction of sp³-hybridized carbons (Fsp3) is 0.105. The molecule has 0 bridgehead atoms. The molecule has 0 atom stereocenters. The van der Waals surface area contributed by atoms with Gasteiger partial charge in [0.2, 0.25) is 0 Å². The highest BCUT2D eigenvalue weighted by Crippen LogP contribution is 2.25. The van der Waals surface area contributed by atoms with Crippen molar-refractivity contribution in [3.63, 3.8) is 0 Å². The molecule has 0 radical (unpaired) electrons. The highest BCUT2D eigenvalue weighted by Gasteiger charge is 2.11. The molecule has 0 amide bonds. The van der Waals surface area contributed by atoms with E-state index in [0.717, 1.165) is 11.1 Å². The molecule has 2 heteroatoms. The van der Waals surface area contributed by atoms with Crippen LogP contribution in [-0.2, 0) is 6.42 Å². The van der Waals surface area contributed by atoms with Gasteiger partial charge in [0.1, 0.15) is 0 Å². The van der Waals surface area contributed by atoms with Gasteiger partial charge in [0.15, 0.2) is 0 Å². The Labute approximate surface area is 123 Å². The van der Waals surface area contributed by atoms with Crippen LogP contribution in [0.2, 0.25) is 0 Å². The van der Waals surface area contributed by atoms with Gasteiger partial charge < -0.3 is 5.11 Å². The van der Waals surface area contributed by atoms with Gasteiger partial charge in [0.05, 0.1) is 5.56 Å². The summed E-state index contributed by atoms with van der Waals surface area (Å²) in [5.41, 5.74) is 3.62. The summed E-state index contributed by atoms with van der Waals surface area (Å²) in [6.45, 7) is 2.09. The van der Waals surface area contributed by atoms with E-state index >= 15 is 0 Å². The molecule has 21 heavy (non-hydrogen) atoms. The first-order chi connectivity index (χ1) is 10.2. The molecule has 0 heterocycles. The van der Waals surface area contributed by atoms with Gasteiger partial charge >= 0.3 is 5.97 Å². The minimum Gasteiger partial charge on any atom is -0.478 e. The second-order valence-corrected chi connectivity index (χ2v) is 5.23. The zero-order valence-electron chi connectivity index (χ0n) is 11.8. The van der Waals surface area contributed by atoms with Crippen molar-refractivity contribution in [1.82, 2.24) is 0 Å². The molecule has 0 unspecified atom stereocenters. The summed E-state index contributed by atoms with van der Waals surface area (Å²) in [6.07, 6.45) is 0.628. The van der Waals surface area contributed by atoms with E-state index in [1.807, 2.05) is 24.3 Å². The Morgan fingerprint density at radius 1 is 0.857 bits per heavy atom. The minimum absolute atomic E-state index is 0.377. The van der Waals surface area contributed by atoms with E-state index in [4.69, 9.17) is 0 Å². The van der Waals surface area contributed by atoms with Gasteiger partial charge in [0.25, 0.3) is 0 Å². The highest BCUT2D eigenvalue weighted by atomic mass is 16.4. The zero-order valence-corrected chi connectivity index (χ0v) is 11.8. The van der Waals surface area contributed by atoms with E-state index in [2.05, 4.69) is 31.2 Å². The Hall–Kier alpha value is -2.61. The topological polar surface area (TPSA) is 37.3 Å². The number of benzene rings is 3. The molecule has 0 aliphatic carbocycles. The summed E-state index contributed by atoms with van der Waals surface area (Å²) in [5.74, 6) is -0.873. The Morgan fingerprint density at radius 3 is 2.33 bits per heavy atom. The average molecular weight is 276 g/mol. The van der Waals surface area contributed by atoms with Crippen LogP contribution in [-0.4, -0.2) is 11.1 Å². The van der Waals surface area contributed by atoms with Crippen molar-refractivity contribution in [2.24, 2.45) is 0 Å². The summed E-state index contributed by atoms with van der Waals surface area (Å²) < 4.78 is 0. The van der Waals surface area contributed by atoms with Crippen molar-refractivity contribution < 1.29 is 9.90 Å². The summed E-state index contributed by atoms with van der Waals surface area (Å²) in [5, 5.41) is 11.7. The standard InChI is InChI=1S/C19H16O2/c1-13-6-4-11-17-14(8-5-10-16(13)17)12-15-7-2-3-9-18(15)19(20)21/h2-11H,12H2,1H3,(H,20,21). The number of hydrogen-bond acceptors (Lipinski definition) is 1. The third-order valence-corrected chi connectivity index (χ3v) is 3.86. The molecule has 0 aliphatic heterocycles. The summed E-state index contributed by atoms with van der Waals surface area (Å²) >= 11 is 0. The van der Waals surface area contributed by atoms with Gasteiger partial charge in [-0.2, -0.15) is 0 Å². The lowest BCUT2D eigenvalue weighted by molar-refractivity contribution is 0.0696. The number of fused-ring (bicyclic) bond motifs is 1. The molecule has 3 aromatic carbocycles. The Bertz CT molecular complexity index is 819. The van der Waals surface area contributed by atoms with E-state index in [0.29, 0.717) is 12.0 Å². The average Bonchev–Trinajstić information content (AvgIpc) is 2.49. The third kappa shape index (κ3) is 2.52. The lowest BCUT2D eigenvalue weighted by Crippen LogP contribution is -2.03. The largest absolute Gasteiger partial charge is 0.478 e. The number of hydrogen-bond donors (Lipinski definition) is 1. The normalized spacial score (nSPS) is 10.7. The van der Waals surface area contributed by atoms with Gasteiger partial charge in [-0.15, -0.1) is 0 Å². The number of carbonyl (C=O) groups is 1. The predicted octanol–water partition coefficient (Wildman–Crippen LogP) is 4.44. The number of carboxylic acid groups (broad SMARTS) is 1. The van der Waals surface area contributed by atoms with Crippen molar-refractivity contribution in [2.75, 3.05) is 0 Å². The first-order valence-corrected chi connectivity index (χ1v) is 6.95. The van der Waals surface area contributed by atoms with Crippen molar-refractivity contribution in [1.29, 1.82) is 0 Å². The molecule has 1 N–H and O–H groups in total. The maximum Gasteiger partial charge on any atom is 0.335 e. The Kier molecular flexibility index (Phi) is 3.44. The van der Waals surface area contributed by atoms with Crippen molar-refractivity contribution in [2.45, 2.75) is 13.3 Å². The summed E-state index contributed by atoms with van der Waals surface area (Å²) in [7, 11) is 0. The van der Waals surface area contributed by atoms with Crippen LogP contribution in [0.25, 0.3) is 10.8 Å². The van der Waals surface area contributed by atoms with E-state index < -0.39 is 5.97 Å². The van der Waals surface area contributed by atoms with Gasteiger partial charge in [-0.05, 0) is 46.9 Å². The summed E-state index contributed by atoms with van der Waals surface area (Å²) in [6, 6.07) is 19.7. The van der Waals surface area contributed by atoms with Crippen molar-refractivity contribution in [3.8, 4) is 0 Å². The van der Waals surface area contributed by atoms with E-state index in [9.17, 15) is 9.90 Å². The van der Waals surface area contributed by atoms with Crippen LogP contribution < -0.4 is 0 Å². The fourth-order valence-electron chi connectivity index (χ4n) is 2.77. The molecule has 2 nitrogen and oxygen atoms in total. The monoisotopic (exact) mass is 276 g/mol. The number of aromatic carboxylic acids is 1. The maximum atomic E-state index is 11.3. The number of rotatable bonds is 3. The fourth-order valence-corrected chi connectivity index (χ4v) is 2.77. The molecule has 0 saturated heterocycles. The lowest BCUT2D eigenvalue weighted by atomic mass is 9.94. The van der Waals surface area contributed by atoms with Gasteiger partial charge in [-0.3, -0.25) is 0 Å². The maximum absolute atomic E-state index is 11.3. The van der Waals surface area contributed by atoms with Crippen LogP contribution in [0.5, 0.6) is 0 Å². The Balaban J connectivity index is 2.11. The summed E-state index contributed by atoms with van der Waals surface area (Å²) in [4.78, 5) is 11.3. The molecular weight excluding hydrogens is 260 g/mol. The molecule has 0 aliphatic rings. The van der Waals surface area contributed by atoms with Gasteiger partial charge in [-0.25, -0.2) is 4.79 Å². The third-order valence-electron chi connectivity index (χ3n) is 3.86. The van der Waals surface area contributed by atoms with Gasteiger partial charge in [0, 0.05) is 0 Å².